The fraction of sp³-hybridized carbons (Fsp3) is 0.231. The molecule has 0 saturated carbocycles. The summed E-state index contributed by atoms with van der Waals surface area (Å²) in [5.41, 5.74) is 2.62. The highest BCUT2D eigenvalue weighted by Crippen LogP contribution is 2.18. The molecule has 0 amide bonds. The Balaban J connectivity index is 2.60. The lowest BCUT2D eigenvalue weighted by Gasteiger charge is -2.06. The molecule has 0 spiro atoms. The van der Waals surface area contributed by atoms with Crippen molar-refractivity contribution in [2.24, 2.45) is 0 Å². The Morgan fingerprint density at radius 2 is 2.23 bits per heavy atom. The molecule has 0 aromatic heterocycles. The van der Waals surface area contributed by atoms with Gasteiger partial charge in [0.1, 0.15) is 0 Å². The highest BCUT2D eigenvalue weighted by molar-refractivity contribution is 5.33. The van der Waals surface area contributed by atoms with Crippen LogP contribution in [0.1, 0.15) is 19.3 Å². The van der Waals surface area contributed by atoms with Crippen molar-refractivity contribution in [3.63, 3.8) is 0 Å². The highest BCUT2D eigenvalue weighted by atomic mass is 14.0. The molecule has 0 bridgehead atoms. The third kappa shape index (κ3) is 3.29. The average molecular weight is 172 g/mol. The first kappa shape index (κ1) is 9.79. The van der Waals surface area contributed by atoms with Crippen molar-refractivity contribution in [3.05, 3.63) is 60.8 Å². The maximum Gasteiger partial charge on any atom is -0.00293 e. The summed E-state index contributed by atoms with van der Waals surface area (Å²) in [5.74, 6) is 0. The molecule has 0 radical (unpaired) electrons. The van der Waals surface area contributed by atoms with E-state index in [1.807, 2.05) is 18.2 Å². The van der Waals surface area contributed by atoms with Crippen LogP contribution in [-0.4, -0.2) is 0 Å². The van der Waals surface area contributed by atoms with Crippen LogP contribution in [0.2, 0.25) is 0 Å². The van der Waals surface area contributed by atoms with E-state index in [2.05, 4.69) is 31.4 Å². The minimum atomic E-state index is 0.978. The van der Waals surface area contributed by atoms with E-state index in [-0.39, 0.29) is 0 Å². The molecule has 0 nitrogen and oxygen atoms in total. The van der Waals surface area contributed by atoms with E-state index >= 15 is 0 Å². The van der Waals surface area contributed by atoms with Gasteiger partial charge in [-0.05, 0) is 30.4 Å². The van der Waals surface area contributed by atoms with E-state index in [1.165, 1.54) is 24.0 Å². The van der Waals surface area contributed by atoms with Gasteiger partial charge >= 0.3 is 0 Å². The van der Waals surface area contributed by atoms with Crippen LogP contribution in [0.3, 0.4) is 0 Å². The van der Waals surface area contributed by atoms with Crippen LogP contribution in [0.5, 0.6) is 0 Å². The first-order valence-electron chi connectivity index (χ1n) is 4.66. The molecule has 1 aliphatic rings. The lowest BCUT2D eigenvalue weighted by Crippen LogP contribution is -1.87. The van der Waals surface area contributed by atoms with Gasteiger partial charge in [-0.25, -0.2) is 0 Å². The van der Waals surface area contributed by atoms with Gasteiger partial charge in [0.15, 0.2) is 0 Å². The number of hydrogen-bond acceptors (Lipinski definition) is 0. The van der Waals surface area contributed by atoms with E-state index < -0.39 is 0 Å². The van der Waals surface area contributed by atoms with Gasteiger partial charge in [-0.3, -0.25) is 0 Å². The van der Waals surface area contributed by atoms with Crippen LogP contribution < -0.4 is 0 Å². The summed E-state index contributed by atoms with van der Waals surface area (Å²) in [7, 11) is 0. The SMILES string of the molecule is C=C/C=C(\C=C)CC1=CCCC=C1. The van der Waals surface area contributed by atoms with Gasteiger partial charge in [0.2, 0.25) is 0 Å². The van der Waals surface area contributed by atoms with Crippen LogP contribution in [0, 0.1) is 0 Å². The molecule has 1 rings (SSSR count). The standard InChI is InChI=1S/C13H16/c1-3-8-12(4-2)11-13-9-6-5-7-10-13/h3-4,6,8-10H,1-2,5,7,11H2/b12-8+. The minimum Gasteiger partial charge on any atom is -0.0991 e. The molecular weight excluding hydrogens is 156 g/mol. The van der Waals surface area contributed by atoms with Gasteiger partial charge in [-0.1, -0.05) is 49.6 Å². The van der Waals surface area contributed by atoms with Crippen LogP contribution >= 0.6 is 0 Å². The van der Waals surface area contributed by atoms with Gasteiger partial charge in [0, 0.05) is 0 Å². The average Bonchev–Trinajstić information content (AvgIpc) is 2.19. The molecule has 0 aliphatic heterocycles. The zero-order valence-electron chi connectivity index (χ0n) is 8.00. The fourth-order valence-electron chi connectivity index (χ4n) is 1.39. The summed E-state index contributed by atoms with van der Waals surface area (Å²) in [4.78, 5) is 0. The molecular formula is C13H16. The topological polar surface area (TPSA) is 0 Å². The summed E-state index contributed by atoms with van der Waals surface area (Å²) in [6.45, 7) is 7.46. The smallest absolute Gasteiger partial charge is 0.00293 e. The Bertz CT molecular complexity index is 274. The summed E-state index contributed by atoms with van der Waals surface area (Å²) in [6, 6.07) is 0. The Hall–Kier alpha value is -1.30. The van der Waals surface area contributed by atoms with Crippen LogP contribution in [0.25, 0.3) is 0 Å². The van der Waals surface area contributed by atoms with Gasteiger partial charge < -0.3 is 0 Å². The normalized spacial score (nSPS) is 16.6. The summed E-state index contributed by atoms with van der Waals surface area (Å²) >= 11 is 0. The van der Waals surface area contributed by atoms with E-state index in [9.17, 15) is 0 Å². The highest BCUT2D eigenvalue weighted by Gasteiger charge is 1.98. The second-order valence-corrected chi connectivity index (χ2v) is 3.12. The van der Waals surface area contributed by atoms with E-state index in [0.717, 1.165) is 6.42 Å². The van der Waals surface area contributed by atoms with Crippen molar-refractivity contribution < 1.29 is 0 Å². The van der Waals surface area contributed by atoms with Crippen molar-refractivity contribution in [2.45, 2.75) is 19.3 Å². The first-order chi connectivity index (χ1) is 6.36. The molecule has 0 unspecified atom stereocenters. The number of hydrogen-bond donors (Lipinski definition) is 0. The largest absolute Gasteiger partial charge is 0.0991 e. The molecule has 0 heterocycles. The van der Waals surface area contributed by atoms with Crippen LogP contribution in [-0.2, 0) is 0 Å². The Morgan fingerprint density at radius 3 is 2.77 bits per heavy atom. The third-order valence-electron chi connectivity index (χ3n) is 2.07. The predicted molar refractivity (Wildman–Crippen MR) is 59.6 cm³/mol. The van der Waals surface area contributed by atoms with Crippen molar-refractivity contribution in [1.82, 2.24) is 0 Å². The molecule has 0 aromatic carbocycles. The third-order valence-corrected chi connectivity index (χ3v) is 2.07. The fourth-order valence-corrected chi connectivity index (χ4v) is 1.39. The second kappa shape index (κ2) is 5.36. The van der Waals surface area contributed by atoms with E-state index in [1.54, 1.807) is 0 Å². The molecule has 0 aromatic rings. The molecule has 0 N–H and O–H groups in total. The zero-order valence-corrected chi connectivity index (χ0v) is 8.00. The monoisotopic (exact) mass is 172 g/mol. The van der Waals surface area contributed by atoms with Crippen molar-refractivity contribution in [1.29, 1.82) is 0 Å². The van der Waals surface area contributed by atoms with Gasteiger partial charge in [-0.15, -0.1) is 0 Å². The molecule has 0 fully saturated rings. The van der Waals surface area contributed by atoms with Crippen molar-refractivity contribution in [2.75, 3.05) is 0 Å². The Morgan fingerprint density at radius 1 is 1.38 bits per heavy atom. The lowest BCUT2D eigenvalue weighted by atomic mass is 9.99. The quantitative estimate of drug-likeness (QED) is 0.563. The molecule has 1 aliphatic carbocycles. The first-order valence-corrected chi connectivity index (χ1v) is 4.66. The maximum absolute atomic E-state index is 3.78. The van der Waals surface area contributed by atoms with Gasteiger partial charge in [0.25, 0.3) is 0 Å². The number of rotatable bonds is 4. The van der Waals surface area contributed by atoms with Crippen molar-refractivity contribution in [3.8, 4) is 0 Å². The molecule has 0 saturated heterocycles. The summed E-state index contributed by atoms with van der Waals surface area (Å²) in [5, 5.41) is 0. The molecule has 68 valence electrons. The Labute approximate surface area is 80.7 Å². The van der Waals surface area contributed by atoms with Crippen LogP contribution in [0.15, 0.2) is 60.8 Å². The molecule has 0 atom stereocenters. The summed E-state index contributed by atoms with van der Waals surface area (Å²) < 4.78 is 0. The lowest BCUT2D eigenvalue weighted by molar-refractivity contribution is 0.995. The van der Waals surface area contributed by atoms with E-state index in [0.29, 0.717) is 0 Å². The molecule has 0 heteroatoms. The Kier molecular flexibility index (Phi) is 4.04. The molecule has 13 heavy (non-hydrogen) atoms. The van der Waals surface area contributed by atoms with E-state index in [4.69, 9.17) is 0 Å². The minimum absolute atomic E-state index is 0.978. The zero-order chi connectivity index (χ0) is 9.52. The van der Waals surface area contributed by atoms with Gasteiger partial charge in [-0.2, -0.15) is 0 Å². The summed E-state index contributed by atoms with van der Waals surface area (Å²) in [6.07, 6.45) is 15.8. The maximum atomic E-state index is 3.78. The second-order valence-electron chi connectivity index (χ2n) is 3.12. The van der Waals surface area contributed by atoms with Gasteiger partial charge in [0.05, 0.1) is 0 Å². The van der Waals surface area contributed by atoms with Crippen molar-refractivity contribution >= 4 is 0 Å². The predicted octanol–water partition coefficient (Wildman–Crippen LogP) is 3.95. The number of allylic oxidation sites excluding steroid dienone is 8. The van der Waals surface area contributed by atoms with Crippen LogP contribution in [0.4, 0.5) is 0 Å².